The van der Waals surface area contributed by atoms with Gasteiger partial charge in [0.15, 0.2) is 24.0 Å². The lowest BCUT2D eigenvalue weighted by molar-refractivity contribution is -0.137. The highest BCUT2D eigenvalue weighted by Gasteiger charge is 2.46. The van der Waals surface area contributed by atoms with E-state index in [0.717, 1.165) is 51.9 Å². The molecule has 3 atom stereocenters. The monoisotopic (exact) mass is 912 g/mol. The summed E-state index contributed by atoms with van der Waals surface area (Å²) in [5.41, 5.74) is 7.35. The number of benzene rings is 2. The molecule has 4 aromatic rings. The third-order valence-corrected chi connectivity index (χ3v) is 13.8. The summed E-state index contributed by atoms with van der Waals surface area (Å²) in [6, 6.07) is 9.34. The van der Waals surface area contributed by atoms with Gasteiger partial charge in [0.1, 0.15) is 11.1 Å². The molecule has 2 aromatic heterocycles. The van der Waals surface area contributed by atoms with E-state index in [4.69, 9.17) is 31.8 Å². The Balaban J connectivity index is 0.762. The van der Waals surface area contributed by atoms with E-state index in [2.05, 4.69) is 37.2 Å². The van der Waals surface area contributed by atoms with Crippen molar-refractivity contribution in [2.24, 2.45) is 5.73 Å². The maximum absolute atomic E-state index is 16.4. The van der Waals surface area contributed by atoms with Gasteiger partial charge >= 0.3 is 0 Å². The number of carbonyl (C=O) groups excluding carboxylic acids is 4. The lowest BCUT2D eigenvalue weighted by Crippen LogP contribution is -2.59. The number of nitrogens with one attached hydrogen (secondary N) is 2. The maximum atomic E-state index is 16.4. The zero-order valence-corrected chi connectivity index (χ0v) is 37.6. The Morgan fingerprint density at radius 1 is 1.02 bits per heavy atom. The topological polar surface area (TPSA) is 198 Å². The number of pyridine rings is 1. The van der Waals surface area contributed by atoms with E-state index >= 15 is 4.39 Å². The molecule has 4 amide bonds. The van der Waals surface area contributed by atoms with Gasteiger partial charge in [-0.15, -0.1) is 0 Å². The van der Waals surface area contributed by atoms with Gasteiger partial charge in [-0.3, -0.25) is 34.2 Å². The Morgan fingerprint density at radius 3 is 2.49 bits per heavy atom. The largest absolute Gasteiger partial charge is 0.478 e. The minimum atomic E-state index is -0.812. The number of halogens is 2. The summed E-state index contributed by atoms with van der Waals surface area (Å²) >= 11 is 6.58. The van der Waals surface area contributed by atoms with Gasteiger partial charge in [0, 0.05) is 79.5 Å². The summed E-state index contributed by atoms with van der Waals surface area (Å²) in [5.74, 6) is -1.34. The summed E-state index contributed by atoms with van der Waals surface area (Å²) in [7, 11) is 0. The van der Waals surface area contributed by atoms with Gasteiger partial charge in [-0.1, -0.05) is 11.6 Å². The number of aromatic nitrogens is 3. The van der Waals surface area contributed by atoms with Crippen LogP contribution in [-0.2, 0) is 19.1 Å². The standard InChI is InChI=1S/C46H54ClFN10O7/c1-24(2)57-34-7-5-28(17-27(34)18-37(45(57)63)64-23-38(49)59)51-42-33(47)21-50-46(53-42)54-13-11-30(12-14-54)65-31-19-29(20-31)55-15-16-56(25(3)22-55)35-8-6-32-40(41(35)48)26(4)58(44(32)62)36-9-10-39(60)52-43(36)61/h5-8,17-18,21,24-26,29-31,36H,9-16,19-20,22-23H2,1-4H3,(H2,49,59)(H,50,51,53)(H,52,60,61)/t25-,26+,29-,31-,36-/m1/s1. The van der Waals surface area contributed by atoms with Crippen LogP contribution >= 0.6 is 11.6 Å². The first kappa shape index (κ1) is 44.4. The number of piperidine rings is 2. The van der Waals surface area contributed by atoms with E-state index in [1.54, 1.807) is 35.9 Å². The normalized spacial score (nSPS) is 24.1. The lowest BCUT2D eigenvalue weighted by Gasteiger charge is -2.49. The predicted octanol–water partition coefficient (Wildman–Crippen LogP) is 4.82. The van der Waals surface area contributed by atoms with Crippen LogP contribution in [0.5, 0.6) is 5.75 Å². The number of primary amides is 1. The average Bonchev–Trinajstić information content (AvgIpc) is 3.51. The first-order valence-corrected chi connectivity index (χ1v) is 22.8. The van der Waals surface area contributed by atoms with Crippen molar-refractivity contribution >= 4 is 69.3 Å². The minimum absolute atomic E-state index is 0.0323. The zero-order chi connectivity index (χ0) is 45.8. The summed E-state index contributed by atoms with van der Waals surface area (Å²) in [6.45, 7) is 10.9. The van der Waals surface area contributed by atoms with E-state index in [-0.39, 0.29) is 65.8 Å². The molecule has 17 nitrogen and oxygen atoms in total. The Bertz CT molecular complexity index is 2610. The summed E-state index contributed by atoms with van der Waals surface area (Å²) in [5, 5.41) is 6.69. The van der Waals surface area contributed by atoms with Crippen LogP contribution in [0, 0.1) is 5.82 Å². The summed E-state index contributed by atoms with van der Waals surface area (Å²) in [6.07, 6.45) is 5.79. The second-order valence-corrected chi connectivity index (χ2v) is 18.5. The van der Waals surface area contributed by atoms with E-state index in [1.807, 2.05) is 32.0 Å². The number of imide groups is 1. The van der Waals surface area contributed by atoms with Gasteiger partial charge in [-0.25, -0.2) is 9.37 Å². The van der Waals surface area contributed by atoms with Gasteiger partial charge in [0.05, 0.1) is 35.7 Å². The van der Waals surface area contributed by atoms with Crippen LogP contribution < -0.4 is 36.5 Å². The molecule has 6 heterocycles. The number of hydrogen-bond donors (Lipinski definition) is 3. The zero-order valence-electron chi connectivity index (χ0n) is 36.9. The molecular formula is C46H54ClFN10O7. The maximum Gasteiger partial charge on any atom is 0.293 e. The fraction of sp³-hybridized carbons (Fsp3) is 0.500. The van der Waals surface area contributed by atoms with Gasteiger partial charge in [0.25, 0.3) is 17.4 Å². The first-order chi connectivity index (χ1) is 31.1. The van der Waals surface area contributed by atoms with Gasteiger partial charge in [0.2, 0.25) is 17.8 Å². The molecule has 9 rings (SSSR count). The molecule has 65 heavy (non-hydrogen) atoms. The SMILES string of the molecule is CC(C)n1c(=O)c(OCC(N)=O)cc2cc(Nc3nc(N4CCC(O[C@H]5C[C@H](N6CCN(c7ccc8c(c7F)[C@H](C)N([C@@H]7CCC(=O)NC7=O)C8=O)[C@H](C)C6)C5)CC4)ncc3Cl)ccc21. The lowest BCUT2D eigenvalue weighted by atomic mass is 9.86. The van der Waals surface area contributed by atoms with E-state index in [1.165, 1.54) is 4.90 Å². The first-order valence-electron chi connectivity index (χ1n) is 22.4. The summed E-state index contributed by atoms with van der Waals surface area (Å²) in [4.78, 5) is 79.8. The number of hydrogen-bond acceptors (Lipinski definition) is 13. The third-order valence-electron chi connectivity index (χ3n) is 13.6. The molecule has 1 saturated carbocycles. The van der Waals surface area contributed by atoms with Gasteiger partial charge < -0.3 is 39.8 Å². The van der Waals surface area contributed by atoms with Crippen LogP contribution in [-0.4, -0.2) is 118 Å². The average molecular weight is 913 g/mol. The van der Waals surface area contributed by atoms with Crippen LogP contribution in [0.4, 0.5) is 27.5 Å². The number of piperazine rings is 1. The van der Waals surface area contributed by atoms with Crippen molar-refractivity contribution in [3.8, 4) is 5.75 Å². The highest BCUT2D eigenvalue weighted by atomic mass is 35.5. The van der Waals surface area contributed by atoms with Crippen molar-refractivity contribution in [2.45, 2.75) is 109 Å². The quantitative estimate of drug-likeness (QED) is 0.164. The molecule has 5 aliphatic rings. The molecule has 0 unspecified atom stereocenters. The van der Waals surface area contributed by atoms with Crippen molar-refractivity contribution in [1.29, 1.82) is 0 Å². The number of carbonyl (C=O) groups is 4. The fourth-order valence-corrected chi connectivity index (χ4v) is 10.3. The minimum Gasteiger partial charge on any atom is -0.478 e. The number of nitrogens with zero attached hydrogens (tertiary/aromatic N) is 7. The number of nitrogens with two attached hydrogens (primary N) is 1. The van der Waals surface area contributed by atoms with Crippen LogP contribution in [0.1, 0.15) is 94.2 Å². The van der Waals surface area contributed by atoms with Gasteiger partial charge in [-0.05, 0) is 96.2 Å². The molecule has 3 saturated heterocycles. The van der Waals surface area contributed by atoms with Gasteiger partial charge in [-0.2, -0.15) is 4.98 Å². The van der Waals surface area contributed by atoms with Crippen molar-refractivity contribution in [1.82, 2.24) is 29.7 Å². The molecule has 0 radical (unpaired) electrons. The predicted molar refractivity (Wildman–Crippen MR) is 242 cm³/mol. The molecule has 19 heteroatoms. The highest BCUT2D eigenvalue weighted by Crippen LogP contribution is 2.42. The van der Waals surface area contributed by atoms with Crippen LogP contribution in [0.25, 0.3) is 10.9 Å². The second kappa shape index (κ2) is 17.9. The Hall–Kier alpha value is -5.85. The Kier molecular flexibility index (Phi) is 12.2. The molecule has 4 fully saturated rings. The molecule has 0 spiro atoms. The molecule has 1 aliphatic carbocycles. The van der Waals surface area contributed by atoms with E-state index in [0.29, 0.717) is 57.2 Å². The van der Waals surface area contributed by atoms with E-state index < -0.39 is 36.3 Å². The third kappa shape index (κ3) is 8.58. The van der Waals surface area contributed by atoms with Crippen molar-refractivity contribution in [2.75, 3.05) is 54.4 Å². The highest BCUT2D eigenvalue weighted by molar-refractivity contribution is 6.33. The van der Waals surface area contributed by atoms with Crippen molar-refractivity contribution < 1.29 is 33.0 Å². The molecule has 0 bridgehead atoms. The Labute approximate surface area is 380 Å². The molecule has 2 aromatic carbocycles. The smallest absolute Gasteiger partial charge is 0.293 e. The van der Waals surface area contributed by atoms with Crippen molar-refractivity contribution in [3.05, 3.63) is 74.9 Å². The number of rotatable bonds is 12. The molecule has 344 valence electrons. The van der Waals surface area contributed by atoms with Crippen molar-refractivity contribution in [3.63, 3.8) is 0 Å². The number of anilines is 4. The molecule has 4 N–H and O–H groups in total. The van der Waals surface area contributed by atoms with Crippen LogP contribution in [0.3, 0.4) is 0 Å². The molecular weight excluding hydrogens is 859 g/mol. The number of ether oxygens (including phenoxy) is 2. The molecule has 4 aliphatic heterocycles. The number of fused-ring (bicyclic) bond motifs is 2. The van der Waals surface area contributed by atoms with E-state index in [9.17, 15) is 24.0 Å². The van der Waals surface area contributed by atoms with Crippen LogP contribution in [0.2, 0.25) is 5.02 Å². The Morgan fingerprint density at radius 2 is 1.78 bits per heavy atom. The fourth-order valence-electron chi connectivity index (χ4n) is 10.2. The second-order valence-electron chi connectivity index (χ2n) is 18.1. The number of amides is 4. The summed E-state index contributed by atoms with van der Waals surface area (Å²) < 4.78 is 30.1. The van der Waals surface area contributed by atoms with Crippen LogP contribution in [0.15, 0.2) is 47.4 Å².